The van der Waals surface area contributed by atoms with Gasteiger partial charge in [-0.3, -0.25) is 0 Å². The predicted octanol–water partition coefficient (Wildman–Crippen LogP) is 4.19. The fourth-order valence-electron chi connectivity index (χ4n) is 2.32. The van der Waals surface area contributed by atoms with Crippen molar-refractivity contribution in [3.05, 3.63) is 72.8 Å². The van der Waals surface area contributed by atoms with Gasteiger partial charge < -0.3 is 0 Å². The highest BCUT2D eigenvalue weighted by Gasteiger charge is 2.15. The maximum absolute atomic E-state index is 4.39. The molecule has 0 aliphatic rings. The quantitative estimate of drug-likeness (QED) is 0.668. The number of hydrogen-bond acceptors (Lipinski definition) is 2. The van der Waals surface area contributed by atoms with E-state index in [9.17, 15) is 0 Å². The van der Waals surface area contributed by atoms with E-state index in [0.717, 1.165) is 29.1 Å². The van der Waals surface area contributed by atoms with E-state index in [0.29, 0.717) is 0 Å². The summed E-state index contributed by atoms with van der Waals surface area (Å²) in [6.07, 6.45) is 4.11. The summed E-state index contributed by atoms with van der Waals surface area (Å²) in [5.41, 5.74) is 4.19. The number of benzene rings is 2. The number of rotatable bonds is 4. The molecule has 1 aromatic heterocycles. The lowest BCUT2D eigenvalue weighted by Gasteiger charge is -2.06. The first-order chi connectivity index (χ1) is 10.4. The van der Waals surface area contributed by atoms with Crippen molar-refractivity contribution in [3.63, 3.8) is 0 Å². The first-order valence-corrected chi connectivity index (χ1v) is 7.05. The van der Waals surface area contributed by atoms with Crippen LogP contribution in [0.5, 0.6) is 0 Å². The smallest absolute Gasteiger partial charge is 0.121 e. The van der Waals surface area contributed by atoms with Crippen LogP contribution in [0.15, 0.2) is 72.8 Å². The summed E-state index contributed by atoms with van der Waals surface area (Å²) in [6.45, 7) is 2.73. The van der Waals surface area contributed by atoms with Gasteiger partial charge in [-0.2, -0.15) is 0 Å². The van der Waals surface area contributed by atoms with E-state index in [1.807, 2.05) is 54.1 Å². The molecule has 21 heavy (non-hydrogen) atoms. The molecule has 0 fully saturated rings. The van der Waals surface area contributed by atoms with Gasteiger partial charge >= 0.3 is 0 Å². The summed E-state index contributed by atoms with van der Waals surface area (Å²) in [5.74, 6) is 0. The second-order valence-electron chi connectivity index (χ2n) is 4.77. The first-order valence-electron chi connectivity index (χ1n) is 7.05. The Hall–Kier alpha value is -2.68. The Morgan fingerprint density at radius 3 is 2.14 bits per heavy atom. The van der Waals surface area contributed by atoms with Gasteiger partial charge in [-0.1, -0.05) is 78.0 Å². The van der Waals surface area contributed by atoms with E-state index in [1.54, 1.807) is 0 Å². The van der Waals surface area contributed by atoms with Crippen LogP contribution >= 0.6 is 0 Å². The van der Waals surface area contributed by atoms with Gasteiger partial charge in [-0.15, -0.1) is 5.10 Å². The van der Waals surface area contributed by atoms with Crippen molar-refractivity contribution in [3.8, 4) is 22.5 Å². The molecule has 0 saturated carbocycles. The Balaban J connectivity index is 2.15. The number of allylic oxidation sites excluding steroid dienone is 2. The third-order valence-corrected chi connectivity index (χ3v) is 3.34. The fraction of sp³-hybridized carbons (Fsp3) is 0.111. The summed E-state index contributed by atoms with van der Waals surface area (Å²) < 4.78 is 1.94. The molecule has 0 bridgehead atoms. The molecule has 3 aromatic rings. The number of aromatic nitrogens is 3. The maximum Gasteiger partial charge on any atom is 0.121 e. The van der Waals surface area contributed by atoms with Gasteiger partial charge in [0.2, 0.25) is 0 Å². The van der Waals surface area contributed by atoms with Crippen molar-refractivity contribution < 1.29 is 0 Å². The van der Waals surface area contributed by atoms with E-state index in [4.69, 9.17) is 0 Å². The molecule has 0 aliphatic heterocycles. The Morgan fingerprint density at radius 2 is 1.52 bits per heavy atom. The molecule has 3 heteroatoms. The van der Waals surface area contributed by atoms with Gasteiger partial charge in [0.1, 0.15) is 5.69 Å². The Labute approximate surface area is 124 Å². The van der Waals surface area contributed by atoms with E-state index in [1.165, 1.54) is 0 Å². The molecule has 0 atom stereocenters. The predicted molar refractivity (Wildman–Crippen MR) is 85.7 cm³/mol. The minimum atomic E-state index is 0.723. The molecule has 1 heterocycles. The molecule has 0 N–H and O–H groups in total. The first kappa shape index (κ1) is 13.3. The molecule has 0 spiro atoms. The Kier molecular flexibility index (Phi) is 3.92. The molecule has 0 radical (unpaired) electrons. The van der Waals surface area contributed by atoms with Crippen molar-refractivity contribution >= 4 is 0 Å². The summed E-state index contributed by atoms with van der Waals surface area (Å²) in [6, 6.07) is 20.5. The van der Waals surface area contributed by atoms with Gasteiger partial charge in [0, 0.05) is 11.1 Å². The van der Waals surface area contributed by atoms with Crippen molar-refractivity contribution in [2.24, 2.45) is 0 Å². The molecule has 0 amide bonds. The zero-order chi connectivity index (χ0) is 14.5. The van der Waals surface area contributed by atoms with Crippen LogP contribution in [0.4, 0.5) is 0 Å². The highest BCUT2D eigenvalue weighted by atomic mass is 15.4. The molecule has 0 saturated heterocycles. The van der Waals surface area contributed by atoms with Crippen molar-refractivity contribution in [1.29, 1.82) is 0 Å². The second kappa shape index (κ2) is 6.18. The average Bonchev–Trinajstić information content (AvgIpc) is 2.98. The number of hydrogen-bond donors (Lipinski definition) is 0. The topological polar surface area (TPSA) is 30.7 Å². The second-order valence-corrected chi connectivity index (χ2v) is 4.77. The SMILES string of the molecule is C/C=C\Cn1nnc(-c2ccccc2)c1-c1ccccc1. The fourth-order valence-corrected chi connectivity index (χ4v) is 2.32. The minimum Gasteiger partial charge on any atom is -0.240 e. The largest absolute Gasteiger partial charge is 0.240 e. The van der Waals surface area contributed by atoms with Gasteiger partial charge in [0.15, 0.2) is 0 Å². The van der Waals surface area contributed by atoms with Crippen molar-refractivity contribution in [1.82, 2.24) is 15.0 Å². The molecule has 3 rings (SSSR count). The zero-order valence-corrected chi connectivity index (χ0v) is 12.0. The third kappa shape index (κ3) is 2.77. The lowest BCUT2D eigenvalue weighted by molar-refractivity contribution is 0.667. The summed E-state index contributed by atoms with van der Waals surface area (Å²) in [7, 11) is 0. The summed E-state index contributed by atoms with van der Waals surface area (Å²) in [4.78, 5) is 0. The standard InChI is InChI=1S/C18H17N3/c1-2-3-14-21-18(16-12-8-5-9-13-16)17(19-20-21)15-10-6-4-7-11-15/h2-13H,14H2,1H3/b3-2-. The van der Waals surface area contributed by atoms with Crippen LogP contribution in [-0.2, 0) is 6.54 Å². The molecule has 3 nitrogen and oxygen atoms in total. The van der Waals surface area contributed by atoms with Gasteiger partial charge in [-0.05, 0) is 6.92 Å². The highest BCUT2D eigenvalue weighted by Crippen LogP contribution is 2.29. The Morgan fingerprint density at radius 1 is 0.905 bits per heavy atom. The van der Waals surface area contributed by atoms with E-state index < -0.39 is 0 Å². The highest BCUT2D eigenvalue weighted by molar-refractivity contribution is 5.77. The summed E-state index contributed by atoms with van der Waals surface area (Å²) in [5, 5.41) is 8.72. The normalized spacial score (nSPS) is 11.1. The molecular formula is C18H17N3. The van der Waals surface area contributed by atoms with E-state index in [-0.39, 0.29) is 0 Å². The van der Waals surface area contributed by atoms with Crippen molar-refractivity contribution in [2.75, 3.05) is 0 Å². The minimum absolute atomic E-state index is 0.723. The summed E-state index contributed by atoms with van der Waals surface area (Å²) >= 11 is 0. The lowest BCUT2D eigenvalue weighted by atomic mass is 10.0. The van der Waals surface area contributed by atoms with Crippen LogP contribution < -0.4 is 0 Å². The monoisotopic (exact) mass is 275 g/mol. The Bertz CT molecular complexity index is 728. The molecule has 104 valence electrons. The zero-order valence-electron chi connectivity index (χ0n) is 12.0. The average molecular weight is 275 g/mol. The van der Waals surface area contributed by atoms with Crippen LogP contribution in [0.1, 0.15) is 6.92 Å². The van der Waals surface area contributed by atoms with Gasteiger partial charge in [-0.25, -0.2) is 4.68 Å². The molecular weight excluding hydrogens is 258 g/mol. The van der Waals surface area contributed by atoms with Crippen molar-refractivity contribution in [2.45, 2.75) is 13.5 Å². The van der Waals surface area contributed by atoms with Crippen LogP contribution in [0.25, 0.3) is 22.5 Å². The molecule has 0 aliphatic carbocycles. The van der Waals surface area contributed by atoms with Gasteiger partial charge in [0.25, 0.3) is 0 Å². The van der Waals surface area contributed by atoms with E-state index in [2.05, 4.69) is 40.7 Å². The molecule has 2 aromatic carbocycles. The van der Waals surface area contributed by atoms with Crippen LogP contribution in [-0.4, -0.2) is 15.0 Å². The van der Waals surface area contributed by atoms with Crippen LogP contribution in [0, 0.1) is 0 Å². The molecule has 0 unspecified atom stereocenters. The van der Waals surface area contributed by atoms with E-state index >= 15 is 0 Å². The number of nitrogens with zero attached hydrogens (tertiary/aromatic N) is 3. The lowest BCUT2D eigenvalue weighted by Crippen LogP contribution is -2.00. The van der Waals surface area contributed by atoms with Crippen LogP contribution in [0.3, 0.4) is 0 Å². The maximum atomic E-state index is 4.39. The van der Waals surface area contributed by atoms with Gasteiger partial charge in [0.05, 0.1) is 12.2 Å². The van der Waals surface area contributed by atoms with Crippen LogP contribution in [0.2, 0.25) is 0 Å². The third-order valence-electron chi connectivity index (χ3n) is 3.34.